The highest BCUT2D eigenvalue weighted by Crippen LogP contribution is 2.22. The molecule has 5 nitrogen and oxygen atoms in total. The van der Waals surface area contributed by atoms with Crippen LogP contribution in [0.3, 0.4) is 0 Å². The van der Waals surface area contributed by atoms with Gasteiger partial charge < -0.3 is 4.57 Å². The van der Waals surface area contributed by atoms with E-state index in [1.54, 1.807) is 31.5 Å². The molecule has 1 aromatic heterocycles. The molecule has 3 rings (SSSR count). The molecule has 114 valence electrons. The van der Waals surface area contributed by atoms with Gasteiger partial charge in [-0.05, 0) is 48.9 Å². The predicted molar refractivity (Wildman–Crippen MR) is 82.7 cm³/mol. The minimum atomic E-state index is -3.77. The van der Waals surface area contributed by atoms with Crippen molar-refractivity contribution in [3.63, 3.8) is 0 Å². The normalized spacial score (nSPS) is 11.8. The second-order valence-corrected chi connectivity index (χ2v) is 6.73. The van der Waals surface area contributed by atoms with Crippen molar-refractivity contribution in [1.29, 1.82) is 0 Å². The zero-order valence-corrected chi connectivity index (χ0v) is 12.9. The summed E-state index contributed by atoms with van der Waals surface area (Å²) in [5.41, 5.74) is 2.36. The Morgan fingerprint density at radius 3 is 2.68 bits per heavy atom. The Labute approximate surface area is 127 Å². The molecule has 7 heteroatoms. The number of aromatic nitrogens is 2. The molecule has 0 aliphatic heterocycles. The lowest BCUT2D eigenvalue weighted by atomic mass is 10.2. The van der Waals surface area contributed by atoms with Gasteiger partial charge in [-0.15, -0.1) is 0 Å². The van der Waals surface area contributed by atoms with E-state index in [1.165, 1.54) is 12.1 Å². The Morgan fingerprint density at radius 2 is 1.95 bits per heavy atom. The van der Waals surface area contributed by atoms with Crippen LogP contribution in [0.5, 0.6) is 0 Å². The van der Waals surface area contributed by atoms with E-state index in [0.717, 1.165) is 11.6 Å². The van der Waals surface area contributed by atoms with E-state index in [0.29, 0.717) is 16.8 Å². The van der Waals surface area contributed by atoms with Gasteiger partial charge >= 0.3 is 0 Å². The van der Waals surface area contributed by atoms with Gasteiger partial charge in [0.15, 0.2) is 0 Å². The van der Waals surface area contributed by atoms with Crippen molar-refractivity contribution in [3.05, 3.63) is 54.1 Å². The van der Waals surface area contributed by atoms with Crippen molar-refractivity contribution < 1.29 is 12.8 Å². The van der Waals surface area contributed by atoms with Crippen LogP contribution in [0.2, 0.25) is 0 Å². The first kappa shape index (κ1) is 14.5. The molecule has 0 saturated heterocycles. The molecule has 0 spiro atoms. The van der Waals surface area contributed by atoms with Crippen LogP contribution in [0.1, 0.15) is 5.56 Å². The summed E-state index contributed by atoms with van der Waals surface area (Å²) >= 11 is 0. The van der Waals surface area contributed by atoms with Crippen LogP contribution < -0.4 is 4.72 Å². The zero-order valence-electron chi connectivity index (χ0n) is 12.0. The van der Waals surface area contributed by atoms with E-state index >= 15 is 0 Å². The molecule has 0 radical (unpaired) electrons. The maximum Gasteiger partial charge on any atom is 0.262 e. The number of aryl methyl sites for hydroxylation is 2. The van der Waals surface area contributed by atoms with Crippen molar-refractivity contribution in [2.45, 2.75) is 11.8 Å². The summed E-state index contributed by atoms with van der Waals surface area (Å²) in [5, 5.41) is 0. The minimum absolute atomic E-state index is 0.0509. The van der Waals surface area contributed by atoms with Crippen LogP contribution in [-0.4, -0.2) is 18.0 Å². The third-order valence-corrected chi connectivity index (χ3v) is 4.95. The van der Waals surface area contributed by atoms with Crippen molar-refractivity contribution in [3.8, 4) is 0 Å². The molecular weight excluding hydrogens is 305 g/mol. The molecule has 3 aromatic rings. The van der Waals surface area contributed by atoms with E-state index in [-0.39, 0.29) is 4.90 Å². The maximum absolute atomic E-state index is 13.1. The molecule has 0 unspecified atom stereocenters. The van der Waals surface area contributed by atoms with E-state index < -0.39 is 15.8 Å². The molecule has 0 saturated carbocycles. The highest BCUT2D eigenvalue weighted by molar-refractivity contribution is 7.92. The number of nitrogens with one attached hydrogen (secondary N) is 1. The summed E-state index contributed by atoms with van der Waals surface area (Å²) in [5.74, 6) is -0.466. The first-order valence-corrected chi connectivity index (χ1v) is 8.05. The summed E-state index contributed by atoms with van der Waals surface area (Å²) in [6, 6.07) is 8.69. The second kappa shape index (κ2) is 5.10. The molecule has 0 bridgehead atoms. The van der Waals surface area contributed by atoms with Crippen LogP contribution in [0.15, 0.2) is 47.6 Å². The average molecular weight is 319 g/mol. The standard InChI is InChI=1S/C15H14FN3O2S/c1-10-7-11(16)3-6-15(10)22(20,21)18-12-4-5-14-13(8-12)17-9-19(14)2/h3-9,18H,1-2H3. The topological polar surface area (TPSA) is 64.0 Å². The van der Waals surface area contributed by atoms with Gasteiger partial charge in [0, 0.05) is 7.05 Å². The third-order valence-electron chi connectivity index (χ3n) is 3.40. The number of imidazole rings is 1. The van der Waals surface area contributed by atoms with Gasteiger partial charge in [-0.25, -0.2) is 17.8 Å². The molecule has 0 amide bonds. The lowest BCUT2D eigenvalue weighted by molar-refractivity contribution is 0.598. The molecule has 0 atom stereocenters. The fourth-order valence-corrected chi connectivity index (χ4v) is 3.60. The molecule has 0 aliphatic carbocycles. The molecule has 1 heterocycles. The Morgan fingerprint density at radius 1 is 1.18 bits per heavy atom. The van der Waals surface area contributed by atoms with Crippen LogP contribution in [0.4, 0.5) is 10.1 Å². The Hall–Kier alpha value is -2.41. The van der Waals surface area contributed by atoms with E-state index in [4.69, 9.17) is 0 Å². The lowest BCUT2D eigenvalue weighted by Gasteiger charge is -2.10. The van der Waals surface area contributed by atoms with Crippen LogP contribution in [-0.2, 0) is 17.1 Å². The summed E-state index contributed by atoms with van der Waals surface area (Å²) in [4.78, 5) is 4.24. The van der Waals surface area contributed by atoms with Crippen LogP contribution >= 0.6 is 0 Å². The van der Waals surface area contributed by atoms with Crippen LogP contribution in [0.25, 0.3) is 11.0 Å². The molecule has 0 fully saturated rings. The Bertz CT molecular complexity index is 964. The largest absolute Gasteiger partial charge is 0.334 e. The van der Waals surface area contributed by atoms with Gasteiger partial charge in [0.05, 0.1) is 27.9 Å². The van der Waals surface area contributed by atoms with Gasteiger partial charge in [-0.3, -0.25) is 4.72 Å². The van der Waals surface area contributed by atoms with Crippen molar-refractivity contribution in [1.82, 2.24) is 9.55 Å². The Balaban J connectivity index is 1.98. The SMILES string of the molecule is Cc1cc(F)ccc1S(=O)(=O)Nc1ccc2c(c1)ncn2C. The van der Waals surface area contributed by atoms with Crippen molar-refractivity contribution in [2.75, 3.05) is 4.72 Å². The lowest BCUT2D eigenvalue weighted by Crippen LogP contribution is -2.14. The predicted octanol–water partition coefficient (Wildman–Crippen LogP) is 2.82. The average Bonchev–Trinajstić information content (AvgIpc) is 2.79. The summed E-state index contributed by atoms with van der Waals surface area (Å²) in [7, 11) is -1.91. The number of rotatable bonds is 3. The van der Waals surface area contributed by atoms with Crippen LogP contribution in [0, 0.1) is 12.7 Å². The smallest absolute Gasteiger partial charge is 0.262 e. The number of sulfonamides is 1. The number of nitrogens with zero attached hydrogens (tertiary/aromatic N) is 2. The number of anilines is 1. The monoisotopic (exact) mass is 319 g/mol. The zero-order chi connectivity index (χ0) is 15.9. The summed E-state index contributed by atoms with van der Waals surface area (Å²) in [6.45, 7) is 1.56. The fourth-order valence-electron chi connectivity index (χ4n) is 2.32. The number of hydrogen-bond donors (Lipinski definition) is 1. The highest BCUT2D eigenvalue weighted by Gasteiger charge is 2.17. The van der Waals surface area contributed by atoms with Gasteiger partial charge in [0.1, 0.15) is 5.82 Å². The van der Waals surface area contributed by atoms with Gasteiger partial charge in [-0.2, -0.15) is 0 Å². The molecule has 1 N–H and O–H groups in total. The summed E-state index contributed by atoms with van der Waals surface area (Å²) < 4.78 is 42.3. The highest BCUT2D eigenvalue weighted by atomic mass is 32.2. The van der Waals surface area contributed by atoms with Crippen molar-refractivity contribution in [2.24, 2.45) is 7.05 Å². The molecule has 22 heavy (non-hydrogen) atoms. The van der Waals surface area contributed by atoms with E-state index in [1.807, 2.05) is 11.6 Å². The number of fused-ring (bicyclic) bond motifs is 1. The number of benzene rings is 2. The quantitative estimate of drug-likeness (QED) is 0.807. The second-order valence-electron chi connectivity index (χ2n) is 5.07. The van der Waals surface area contributed by atoms with Crippen molar-refractivity contribution >= 4 is 26.7 Å². The number of hydrogen-bond acceptors (Lipinski definition) is 3. The number of halogens is 1. The third kappa shape index (κ3) is 2.55. The Kier molecular flexibility index (Phi) is 3.37. The maximum atomic E-state index is 13.1. The first-order chi connectivity index (χ1) is 10.4. The molecular formula is C15H14FN3O2S. The van der Waals surface area contributed by atoms with Gasteiger partial charge in [-0.1, -0.05) is 0 Å². The minimum Gasteiger partial charge on any atom is -0.334 e. The van der Waals surface area contributed by atoms with Gasteiger partial charge in [0.25, 0.3) is 10.0 Å². The summed E-state index contributed by atoms with van der Waals surface area (Å²) in [6.07, 6.45) is 1.66. The van der Waals surface area contributed by atoms with E-state index in [9.17, 15) is 12.8 Å². The fraction of sp³-hybridized carbons (Fsp3) is 0.133. The first-order valence-electron chi connectivity index (χ1n) is 6.57. The molecule has 2 aromatic carbocycles. The molecule has 0 aliphatic rings. The van der Waals surface area contributed by atoms with Gasteiger partial charge in [0.2, 0.25) is 0 Å². The van der Waals surface area contributed by atoms with E-state index in [2.05, 4.69) is 9.71 Å².